The summed E-state index contributed by atoms with van der Waals surface area (Å²) in [5.74, 6) is 0.105. The molecular weight excluding hydrogens is 376 g/mol. The number of amides is 1. The van der Waals surface area contributed by atoms with Gasteiger partial charge in [-0.2, -0.15) is 0 Å². The summed E-state index contributed by atoms with van der Waals surface area (Å²) in [7, 11) is 0. The van der Waals surface area contributed by atoms with Crippen molar-refractivity contribution in [1.82, 2.24) is 4.98 Å². The molecule has 0 spiro atoms. The molecule has 5 rings (SSSR count). The Morgan fingerprint density at radius 2 is 1.55 bits per heavy atom. The third-order valence-corrected chi connectivity index (χ3v) is 6.99. The topological polar surface area (TPSA) is 42.0 Å². The molecule has 0 aliphatic heterocycles. The van der Waals surface area contributed by atoms with E-state index in [4.69, 9.17) is 4.98 Å². The van der Waals surface area contributed by atoms with Crippen molar-refractivity contribution in [2.45, 2.75) is 31.1 Å². The number of anilines is 1. The highest BCUT2D eigenvalue weighted by molar-refractivity contribution is 7.21. The van der Waals surface area contributed by atoms with Gasteiger partial charge in [-0.25, -0.2) is 4.98 Å². The van der Waals surface area contributed by atoms with E-state index in [9.17, 15) is 4.79 Å². The second kappa shape index (κ2) is 7.45. The first-order valence-corrected chi connectivity index (χ1v) is 10.9. The molecule has 1 amide bonds. The zero-order valence-corrected chi connectivity index (χ0v) is 16.9. The normalized spacial score (nSPS) is 15.4. The van der Waals surface area contributed by atoms with Crippen molar-refractivity contribution < 1.29 is 4.79 Å². The van der Waals surface area contributed by atoms with E-state index < -0.39 is 5.41 Å². The van der Waals surface area contributed by atoms with Crippen LogP contribution in [0.4, 0.5) is 5.69 Å². The van der Waals surface area contributed by atoms with E-state index in [2.05, 4.69) is 23.5 Å². The lowest BCUT2D eigenvalue weighted by molar-refractivity contribution is -0.121. The number of hydrogen-bond donors (Lipinski definition) is 1. The molecule has 144 valence electrons. The minimum absolute atomic E-state index is 0.105. The maximum absolute atomic E-state index is 13.3. The number of para-hydroxylation sites is 1. The van der Waals surface area contributed by atoms with Crippen LogP contribution in [0, 0.1) is 0 Å². The van der Waals surface area contributed by atoms with Crippen molar-refractivity contribution in [2.75, 3.05) is 5.32 Å². The van der Waals surface area contributed by atoms with Gasteiger partial charge in [-0.1, -0.05) is 55.3 Å². The lowest BCUT2D eigenvalue weighted by atomic mass is 9.78. The summed E-state index contributed by atoms with van der Waals surface area (Å²) in [5.41, 5.74) is 3.65. The molecule has 1 aliphatic rings. The predicted octanol–water partition coefficient (Wildman–Crippen LogP) is 6.41. The molecule has 0 unspecified atom stereocenters. The van der Waals surface area contributed by atoms with E-state index in [1.165, 1.54) is 4.70 Å². The summed E-state index contributed by atoms with van der Waals surface area (Å²) in [5, 5.41) is 4.17. The van der Waals surface area contributed by atoms with E-state index in [-0.39, 0.29) is 5.91 Å². The van der Waals surface area contributed by atoms with Crippen molar-refractivity contribution in [3.63, 3.8) is 0 Å². The predicted molar refractivity (Wildman–Crippen MR) is 120 cm³/mol. The molecule has 0 atom stereocenters. The summed E-state index contributed by atoms with van der Waals surface area (Å²) >= 11 is 1.69. The molecule has 0 saturated heterocycles. The molecule has 3 nitrogen and oxygen atoms in total. The summed E-state index contributed by atoms with van der Waals surface area (Å²) in [6, 6.07) is 26.4. The van der Waals surface area contributed by atoms with Crippen LogP contribution < -0.4 is 5.32 Å². The molecule has 1 aromatic heterocycles. The summed E-state index contributed by atoms with van der Waals surface area (Å²) in [4.78, 5) is 18.0. The Bertz CT molecular complexity index is 1110. The average Bonchev–Trinajstić information content (AvgIpc) is 3.43. The first-order chi connectivity index (χ1) is 14.2. The first-order valence-electron chi connectivity index (χ1n) is 10.1. The minimum atomic E-state index is -0.410. The number of hydrogen-bond acceptors (Lipinski definition) is 3. The third kappa shape index (κ3) is 3.34. The average molecular weight is 399 g/mol. The summed E-state index contributed by atoms with van der Waals surface area (Å²) in [6.45, 7) is 0. The molecule has 29 heavy (non-hydrogen) atoms. The first kappa shape index (κ1) is 18.1. The van der Waals surface area contributed by atoms with Crippen molar-refractivity contribution >= 4 is 33.1 Å². The fourth-order valence-corrected chi connectivity index (χ4v) is 5.30. The van der Waals surface area contributed by atoms with Gasteiger partial charge in [-0.15, -0.1) is 11.3 Å². The molecule has 0 bridgehead atoms. The Morgan fingerprint density at radius 1 is 0.862 bits per heavy atom. The number of fused-ring (bicyclic) bond motifs is 1. The Morgan fingerprint density at radius 3 is 2.28 bits per heavy atom. The Hall–Kier alpha value is -2.98. The second-order valence-electron chi connectivity index (χ2n) is 7.67. The molecule has 3 aromatic carbocycles. The number of carbonyl (C=O) groups excluding carboxylic acids is 1. The number of nitrogens with zero attached hydrogens (tertiary/aromatic N) is 1. The SMILES string of the molecule is O=C(Nc1ccc(-c2nc3ccccc3s2)cc1)C1(c2ccccc2)CCCC1. The lowest BCUT2D eigenvalue weighted by Crippen LogP contribution is -2.37. The summed E-state index contributed by atoms with van der Waals surface area (Å²) < 4.78 is 1.19. The molecular formula is C25H22N2OS. The van der Waals surface area contributed by atoms with Gasteiger partial charge in [-0.05, 0) is 54.8 Å². The fraction of sp³-hybridized carbons (Fsp3) is 0.200. The van der Waals surface area contributed by atoms with E-state index >= 15 is 0 Å². The van der Waals surface area contributed by atoms with Crippen molar-refractivity contribution in [3.8, 4) is 10.6 Å². The Kier molecular flexibility index (Phi) is 4.64. The molecule has 1 saturated carbocycles. The van der Waals surface area contributed by atoms with Crippen LogP contribution in [0.5, 0.6) is 0 Å². The molecule has 1 heterocycles. The maximum Gasteiger partial charge on any atom is 0.235 e. The van der Waals surface area contributed by atoms with Gasteiger partial charge < -0.3 is 5.32 Å². The molecule has 1 fully saturated rings. The van der Waals surface area contributed by atoms with Crippen LogP contribution in [0.2, 0.25) is 0 Å². The van der Waals surface area contributed by atoms with Gasteiger partial charge in [0.25, 0.3) is 0 Å². The molecule has 0 radical (unpaired) electrons. The number of aromatic nitrogens is 1. The number of benzene rings is 3. The Balaban J connectivity index is 1.38. The highest BCUT2D eigenvalue weighted by Crippen LogP contribution is 2.42. The molecule has 1 aliphatic carbocycles. The van der Waals surface area contributed by atoms with E-state index in [0.717, 1.165) is 53.0 Å². The van der Waals surface area contributed by atoms with Crippen molar-refractivity contribution in [3.05, 3.63) is 84.4 Å². The monoisotopic (exact) mass is 398 g/mol. The largest absolute Gasteiger partial charge is 0.325 e. The van der Waals surface area contributed by atoms with Crippen LogP contribution in [0.3, 0.4) is 0 Å². The summed E-state index contributed by atoms with van der Waals surface area (Å²) in [6.07, 6.45) is 4.01. The maximum atomic E-state index is 13.3. The van der Waals surface area contributed by atoms with E-state index in [1.54, 1.807) is 11.3 Å². The van der Waals surface area contributed by atoms with Gasteiger partial charge in [0.05, 0.1) is 15.6 Å². The number of nitrogens with one attached hydrogen (secondary N) is 1. The third-order valence-electron chi connectivity index (χ3n) is 5.90. The fourth-order valence-electron chi connectivity index (χ4n) is 4.33. The standard InChI is InChI=1S/C25H22N2OS/c28-24(25(16-6-7-17-25)19-8-2-1-3-9-19)26-20-14-12-18(13-15-20)23-27-21-10-4-5-11-22(21)29-23/h1-5,8-15H,6-7,16-17H2,(H,26,28). The van der Waals surface area contributed by atoms with Gasteiger partial charge in [0.1, 0.15) is 5.01 Å². The van der Waals surface area contributed by atoms with Crippen LogP contribution in [0.25, 0.3) is 20.8 Å². The highest BCUT2D eigenvalue weighted by Gasteiger charge is 2.42. The lowest BCUT2D eigenvalue weighted by Gasteiger charge is -2.28. The van der Waals surface area contributed by atoms with E-state index in [1.807, 2.05) is 60.7 Å². The number of thiazole rings is 1. The number of rotatable bonds is 4. The molecule has 4 aromatic rings. The second-order valence-corrected chi connectivity index (χ2v) is 8.70. The molecule has 4 heteroatoms. The Labute approximate surface area is 174 Å². The van der Waals surface area contributed by atoms with Crippen molar-refractivity contribution in [2.24, 2.45) is 0 Å². The van der Waals surface area contributed by atoms with Gasteiger partial charge in [0.2, 0.25) is 5.91 Å². The smallest absolute Gasteiger partial charge is 0.235 e. The van der Waals surface area contributed by atoms with Crippen LogP contribution in [0.15, 0.2) is 78.9 Å². The van der Waals surface area contributed by atoms with Crippen LogP contribution in [-0.2, 0) is 10.2 Å². The zero-order chi connectivity index (χ0) is 19.7. The van der Waals surface area contributed by atoms with Crippen LogP contribution in [-0.4, -0.2) is 10.9 Å². The van der Waals surface area contributed by atoms with Gasteiger partial charge >= 0.3 is 0 Å². The van der Waals surface area contributed by atoms with Crippen molar-refractivity contribution in [1.29, 1.82) is 0 Å². The van der Waals surface area contributed by atoms with Gasteiger partial charge in [-0.3, -0.25) is 4.79 Å². The number of carbonyl (C=O) groups is 1. The minimum Gasteiger partial charge on any atom is -0.325 e. The molecule has 1 N–H and O–H groups in total. The van der Waals surface area contributed by atoms with E-state index in [0.29, 0.717) is 0 Å². The van der Waals surface area contributed by atoms with Crippen LogP contribution >= 0.6 is 11.3 Å². The zero-order valence-electron chi connectivity index (χ0n) is 16.1. The van der Waals surface area contributed by atoms with Gasteiger partial charge in [0.15, 0.2) is 0 Å². The highest BCUT2D eigenvalue weighted by atomic mass is 32.1. The van der Waals surface area contributed by atoms with Gasteiger partial charge in [0, 0.05) is 11.3 Å². The van der Waals surface area contributed by atoms with Crippen LogP contribution in [0.1, 0.15) is 31.2 Å². The quantitative estimate of drug-likeness (QED) is 0.431.